The van der Waals surface area contributed by atoms with Gasteiger partial charge in [-0.05, 0) is 37.8 Å². The average Bonchev–Trinajstić information content (AvgIpc) is 2.91. The quantitative estimate of drug-likeness (QED) is 0.909. The van der Waals surface area contributed by atoms with Crippen molar-refractivity contribution in [3.8, 4) is 0 Å². The number of aromatic nitrogens is 2. The van der Waals surface area contributed by atoms with Crippen LogP contribution in [0.25, 0.3) is 5.65 Å². The number of hydrogen-bond acceptors (Lipinski definition) is 3. The molecule has 0 spiro atoms. The van der Waals surface area contributed by atoms with Gasteiger partial charge in [0.15, 0.2) is 0 Å². The van der Waals surface area contributed by atoms with Gasteiger partial charge in [-0.25, -0.2) is 4.98 Å². The molecule has 0 aromatic carbocycles. The zero-order chi connectivity index (χ0) is 15.7. The number of carbonyl (C=O) groups is 2. The molecule has 6 nitrogen and oxygen atoms in total. The highest BCUT2D eigenvalue weighted by atomic mass is 35.5. The standard InChI is InChI=1S/C15H16ClN3O3/c16-10-3-6-13-18-12(8-19(13)7-10)14(20)17-11-4-1-9(2-5-11)15(21)22/h3,6-9,11H,1-2,4-5H2,(H,17,20)(H,21,22). The first-order chi connectivity index (χ1) is 10.5. The molecule has 7 heteroatoms. The SMILES string of the molecule is O=C(NC1CCC(C(=O)O)CC1)c1cn2cc(Cl)ccc2n1. The Morgan fingerprint density at radius 1 is 1.23 bits per heavy atom. The lowest BCUT2D eigenvalue weighted by Crippen LogP contribution is -2.38. The van der Waals surface area contributed by atoms with Gasteiger partial charge < -0.3 is 14.8 Å². The van der Waals surface area contributed by atoms with Crippen molar-refractivity contribution in [1.82, 2.24) is 14.7 Å². The first-order valence-corrected chi connectivity index (χ1v) is 7.58. The Balaban J connectivity index is 1.65. The summed E-state index contributed by atoms with van der Waals surface area (Å²) in [6.07, 6.45) is 5.89. The van der Waals surface area contributed by atoms with Gasteiger partial charge in [0.2, 0.25) is 0 Å². The van der Waals surface area contributed by atoms with Crippen LogP contribution in [0.2, 0.25) is 5.02 Å². The van der Waals surface area contributed by atoms with Crippen LogP contribution in [0.5, 0.6) is 0 Å². The molecule has 1 saturated carbocycles. The van der Waals surface area contributed by atoms with Gasteiger partial charge in [-0.1, -0.05) is 11.6 Å². The second kappa shape index (κ2) is 5.96. The molecule has 2 aromatic rings. The van der Waals surface area contributed by atoms with E-state index in [9.17, 15) is 9.59 Å². The van der Waals surface area contributed by atoms with Crippen LogP contribution in [0.3, 0.4) is 0 Å². The molecular formula is C15H16ClN3O3. The van der Waals surface area contributed by atoms with E-state index in [1.54, 1.807) is 28.9 Å². The van der Waals surface area contributed by atoms with E-state index in [2.05, 4.69) is 10.3 Å². The number of amides is 1. The van der Waals surface area contributed by atoms with Crippen molar-refractivity contribution in [2.45, 2.75) is 31.7 Å². The molecule has 0 bridgehead atoms. The van der Waals surface area contributed by atoms with Crippen molar-refractivity contribution >= 4 is 29.1 Å². The Morgan fingerprint density at radius 2 is 1.95 bits per heavy atom. The molecule has 1 fully saturated rings. The molecule has 0 unspecified atom stereocenters. The van der Waals surface area contributed by atoms with Crippen molar-refractivity contribution in [2.75, 3.05) is 0 Å². The van der Waals surface area contributed by atoms with Gasteiger partial charge in [0, 0.05) is 18.4 Å². The molecule has 1 amide bonds. The number of aliphatic carboxylic acids is 1. The smallest absolute Gasteiger partial charge is 0.306 e. The number of halogens is 1. The maximum Gasteiger partial charge on any atom is 0.306 e. The van der Waals surface area contributed by atoms with Crippen molar-refractivity contribution in [3.63, 3.8) is 0 Å². The Bertz CT molecular complexity index is 720. The topological polar surface area (TPSA) is 83.7 Å². The summed E-state index contributed by atoms with van der Waals surface area (Å²) in [6, 6.07) is 3.48. The van der Waals surface area contributed by atoms with Crippen molar-refractivity contribution in [1.29, 1.82) is 0 Å². The molecule has 22 heavy (non-hydrogen) atoms. The van der Waals surface area contributed by atoms with Crippen molar-refractivity contribution in [3.05, 3.63) is 35.2 Å². The summed E-state index contributed by atoms with van der Waals surface area (Å²) in [4.78, 5) is 27.4. The molecule has 0 aliphatic heterocycles. The fourth-order valence-electron chi connectivity index (χ4n) is 2.82. The Labute approximate surface area is 132 Å². The number of pyridine rings is 1. The largest absolute Gasteiger partial charge is 0.481 e. The molecule has 1 aliphatic carbocycles. The number of rotatable bonds is 3. The summed E-state index contributed by atoms with van der Waals surface area (Å²) in [5.41, 5.74) is 0.992. The normalized spacial score (nSPS) is 21.7. The van der Waals surface area contributed by atoms with Crippen LogP contribution in [-0.4, -0.2) is 32.4 Å². The van der Waals surface area contributed by atoms with Gasteiger partial charge in [-0.3, -0.25) is 9.59 Å². The van der Waals surface area contributed by atoms with E-state index in [1.807, 2.05) is 0 Å². The molecule has 0 saturated heterocycles. The summed E-state index contributed by atoms with van der Waals surface area (Å²) >= 11 is 5.91. The Hall–Kier alpha value is -2.08. The molecular weight excluding hydrogens is 306 g/mol. The van der Waals surface area contributed by atoms with Gasteiger partial charge in [0.05, 0.1) is 10.9 Å². The van der Waals surface area contributed by atoms with Crippen LogP contribution in [0, 0.1) is 5.92 Å². The van der Waals surface area contributed by atoms with E-state index in [0.29, 0.717) is 42.0 Å². The lowest BCUT2D eigenvalue weighted by atomic mass is 9.86. The van der Waals surface area contributed by atoms with E-state index in [1.165, 1.54) is 0 Å². The maximum atomic E-state index is 12.2. The van der Waals surface area contributed by atoms with Crippen LogP contribution in [0.4, 0.5) is 0 Å². The van der Waals surface area contributed by atoms with Gasteiger partial charge in [-0.15, -0.1) is 0 Å². The molecule has 0 radical (unpaired) electrons. The highest BCUT2D eigenvalue weighted by Crippen LogP contribution is 2.24. The minimum Gasteiger partial charge on any atom is -0.481 e. The Kier molecular flexibility index (Phi) is 4.02. The number of hydrogen-bond donors (Lipinski definition) is 2. The average molecular weight is 322 g/mol. The zero-order valence-electron chi connectivity index (χ0n) is 11.8. The third-order valence-corrected chi connectivity index (χ3v) is 4.28. The number of carboxylic acids is 1. The van der Waals surface area contributed by atoms with Gasteiger partial charge in [-0.2, -0.15) is 0 Å². The predicted octanol–water partition coefficient (Wildman–Crippen LogP) is 2.36. The molecule has 2 heterocycles. The molecule has 3 rings (SSSR count). The van der Waals surface area contributed by atoms with Crippen molar-refractivity contribution < 1.29 is 14.7 Å². The summed E-state index contributed by atoms with van der Waals surface area (Å²) in [5.74, 6) is -1.27. The Morgan fingerprint density at radius 3 is 2.64 bits per heavy atom. The van der Waals surface area contributed by atoms with Crippen LogP contribution in [0.1, 0.15) is 36.2 Å². The van der Waals surface area contributed by atoms with E-state index in [0.717, 1.165) is 0 Å². The van der Waals surface area contributed by atoms with Crippen LogP contribution < -0.4 is 5.32 Å². The number of imidazole rings is 1. The lowest BCUT2D eigenvalue weighted by molar-refractivity contribution is -0.142. The fraction of sp³-hybridized carbons (Fsp3) is 0.400. The highest BCUT2D eigenvalue weighted by Gasteiger charge is 2.27. The van der Waals surface area contributed by atoms with E-state index >= 15 is 0 Å². The monoisotopic (exact) mass is 321 g/mol. The minimum atomic E-state index is -0.748. The predicted molar refractivity (Wildman–Crippen MR) is 81.1 cm³/mol. The minimum absolute atomic E-state index is 0.0106. The number of carboxylic acid groups (broad SMARTS) is 1. The lowest BCUT2D eigenvalue weighted by Gasteiger charge is -2.26. The third kappa shape index (κ3) is 3.06. The molecule has 0 atom stereocenters. The van der Waals surface area contributed by atoms with Gasteiger partial charge in [0.25, 0.3) is 5.91 Å². The fourth-order valence-corrected chi connectivity index (χ4v) is 2.99. The third-order valence-electron chi connectivity index (χ3n) is 4.06. The number of fused-ring (bicyclic) bond motifs is 1. The maximum absolute atomic E-state index is 12.2. The van der Waals surface area contributed by atoms with Gasteiger partial charge in [0.1, 0.15) is 11.3 Å². The first-order valence-electron chi connectivity index (χ1n) is 7.21. The van der Waals surface area contributed by atoms with E-state index in [-0.39, 0.29) is 17.9 Å². The van der Waals surface area contributed by atoms with Crippen LogP contribution in [0.15, 0.2) is 24.5 Å². The van der Waals surface area contributed by atoms with Gasteiger partial charge >= 0.3 is 5.97 Å². The van der Waals surface area contributed by atoms with Crippen molar-refractivity contribution in [2.24, 2.45) is 5.92 Å². The molecule has 2 aromatic heterocycles. The highest BCUT2D eigenvalue weighted by molar-refractivity contribution is 6.30. The molecule has 116 valence electrons. The number of nitrogens with zero attached hydrogens (tertiary/aromatic N) is 2. The second-order valence-corrected chi connectivity index (χ2v) is 6.04. The number of carbonyl (C=O) groups excluding carboxylic acids is 1. The summed E-state index contributed by atoms with van der Waals surface area (Å²) in [5, 5.41) is 12.5. The molecule has 1 aliphatic rings. The van der Waals surface area contributed by atoms with Crippen LogP contribution >= 0.6 is 11.6 Å². The molecule has 2 N–H and O–H groups in total. The summed E-state index contributed by atoms with van der Waals surface area (Å²) in [6.45, 7) is 0. The number of nitrogens with one attached hydrogen (secondary N) is 1. The zero-order valence-corrected chi connectivity index (χ0v) is 12.6. The van der Waals surface area contributed by atoms with E-state index < -0.39 is 5.97 Å². The first kappa shape index (κ1) is 14.8. The summed E-state index contributed by atoms with van der Waals surface area (Å²) < 4.78 is 1.71. The van der Waals surface area contributed by atoms with E-state index in [4.69, 9.17) is 16.7 Å². The summed E-state index contributed by atoms with van der Waals surface area (Å²) in [7, 11) is 0. The second-order valence-electron chi connectivity index (χ2n) is 5.60. The van der Waals surface area contributed by atoms with Crippen LogP contribution in [-0.2, 0) is 4.79 Å².